The van der Waals surface area contributed by atoms with Crippen LogP contribution in [0.4, 0.5) is 10.5 Å². The Labute approximate surface area is 209 Å². The number of hydrogen-bond donors (Lipinski definition) is 4. The first kappa shape index (κ1) is 27.1. The number of benzene rings is 1. The summed E-state index contributed by atoms with van der Waals surface area (Å²) in [7, 11) is 0. The Morgan fingerprint density at radius 1 is 1.14 bits per heavy atom. The first-order valence-corrected chi connectivity index (χ1v) is 11.9. The van der Waals surface area contributed by atoms with Gasteiger partial charge < -0.3 is 25.4 Å². The number of carbonyl (C=O) groups excluding carboxylic acids is 4. The number of carbonyl (C=O) groups is 5. The molecule has 0 aliphatic carbocycles. The quantitative estimate of drug-likeness (QED) is 0.254. The molecule has 0 saturated carbocycles. The SMILES string of the molecule is CC(C)(C)N(CCOCCNCCNc1cccc2c1C(=O)N(C1CCC(=O)NC1=O)C2=O)C(=O)O. The maximum Gasteiger partial charge on any atom is 0.407 e. The van der Waals surface area contributed by atoms with Crippen molar-refractivity contribution in [2.75, 3.05) is 44.7 Å². The van der Waals surface area contributed by atoms with Crippen molar-refractivity contribution >= 4 is 35.4 Å². The number of fused-ring (bicyclic) bond motifs is 1. The lowest BCUT2D eigenvalue weighted by Crippen LogP contribution is -2.54. The van der Waals surface area contributed by atoms with Gasteiger partial charge in [-0.15, -0.1) is 0 Å². The lowest BCUT2D eigenvalue weighted by Gasteiger charge is -2.32. The van der Waals surface area contributed by atoms with Gasteiger partial charge in [-0.2, -0.15) is 0 Å². The van der Waals surface area contributed by atoms with Crippen molar-refractivity contribution < 1.29 is 33.8 Å². The van der Waals surface area contributed by atoms with Gasteiger partial charge in [-0.25, -0.2) is 4.79 Å². The number of amides is 5. The summed E-state index contributed by atoms with van der Waals surface area (Å²) in [5.41, 5.74) is 0.440. The number of ether oxygens (including phenoxy) is 1. The maximum absolute atomic E-state index is 13.1. The second kappa shape index (κ2) is 11.5. The van der Waals surface area contributed by atoms with Crippen molar-refractivity contribution in [1.82, 2.24) is 20.4 Å². The molecule has 3 rings (SSSR count). The lowest BCUT2D eigenvalue weighted by atomic mass is 10.0. The van der Waals surface area contributed by atoms with Gasteiger partial charge in [0.25, 0.3) is 11.8 Å². The monoisotopic (exact) mass is 503 g/mol. The minimum absolute atomic E-state index is 0.0682. The van der Waals surface area contributed by atoms with Gasteiger partial charge >= 0.3 is 6.09 Å². The molecule has 4 N–H and O–H groups in total. The molecule has 0 spiro atoms. The second-order valence-corrected chi connectivity index (χ2v) is 9.57. The summed E-state index contributed by atoms with van der Waals surface area (Å²) in [6.45, 7) is 8.03. The predicted octanol–water partition coefficient (Wildman–Crippen LogP) is 0.884. The van der Waals surface area contributed by atoms with E-state index in [2.05, 4.69) is 16.0 Å². The third-order valence-electron chi connectivity index (χ3n) is 6.01. The molecule has 2 aliphatic rings. The highest BCUT2D eigenvalue weighted by atomic mass is 16.5. The van der Waals surface area contributed by atoms with Crippen molar-refractivity contribution in [3.05, 3.63) is 29.3 Å². The molecule has 1 aromatic rings. The van der Waals surface area contributed by atoms with Crippen LogP contribution in [-0.2, 0) is 14.3 Å². The van der Waals surface area contributed by atoms with Gasteiger partial charge in [-0.3, -0.25) is 29.4 Å². The molecule has 12 heteroatoms. The molecule has 1 aromatic carbocycles. The summed E-state index contributed by atoms with van der Waals surface area (Å²) >= 11 is 0. The summed E-state index contributed by atoms with van der Waals surface area (Å²) in [5, 5.41) is 17.8. The van der Waals surface area contributed by atoms with E-state index in [4.69, 9.17) is 4.74 Å². The molecule has 0 aromatic heterocycles. The standard InChI is InChI=1S/C24H33N5O7/c1-24(2,3)28(23(34)35)12-14-36-13-11-25-9-10-26-16-6-4-5-15-19(16)22(33)29(21(15)32)17-7-8-18(30)27-20(17)31/h4-6,17,25-26H,7-14H2,1-3H3,(H,34,35)(H,27,30,31). The van der Waals surface area contributed by atoms with Gasteiger partial charge in [0.2, 0.25) is 11.8 Å². The first-order valence-electron chi connectivity index (χ1n) is 11.9. The van der Waals surface area contributed by atoms with E-state index in [0.29, 0.717) is 38.5 Å². The Morgan fingerprint density at radius 3 is 2.56 bits per heavy atom. The number of rotatable bonds is 11. The number of anilines is 1. The largest absolute Gasteiger partial charge is 0.465 e. The number of imide groups is 2. The first-order chi connectivity index (χ1) is 17.0. The summed E-state index contributed by atoms with van der Waals surface area (Å²) in [6, 6.07) is 3.91. The van der Waals surface area contributed by atoms with E-state index in [0.717, 1.165) is 4.90 Å². The van der Waals surface area contributed by atoms with Gasteiger partial charge in [0.05, 0.1) is 24.3 Å². The fourth-order valence-electron chi connectivity index (χ4n) is 4.19. The van der Waals surface area contributed by atoms with Gasteiger partial charge in [-0.05, 0) is 39.3 Å². The third-order valence-corrected chi connectivity index (χ3v) is 6.01. The van der Waals surface area contributed by atoms with Gasteiger partial charge in [0, 0.05) is 43.8 Å². The van der Waals surface area contributed by atoms with Crippen LogP contribution in [0.2, 0.25) is 0 Å². The maximum atomic E-state index is 13.1. The number of nitrogens with zero attached hydrogens (tertiary/aromatic N) is 2. The topological polar surface area (TPSA) is 157 Å². The molecule has 1 atom stereocenters. The Bertz CT molecular complexity index is 1040. The van der Waals surface area contributed by atoms with Crippen LogP contribution in [0, 0.1) is 0 Å². The fourth-order valence-corrected chi connectivity index (χ4v) is 4.19. The molecule has 196 valence electrons. The molecule has 1 saturated heterocycles. The van der Waals surface area contributed by atoms with Crippen LogP contribution >= 0.6 is 0 Å². The molecule has 2 aliphatic heterocycles. The molecule has 1 fully saturated rings. The highest BCUT2D eigenvalue weighted by molar-refractivity contribution is 6.25. The smallest absolute Gasteiger partial charge is 0.407 e. The minimum Gasteiger partial charge on any atom is -0.465 e. The Balaban J connectivity index is 1.43. The van der Waals surface area contributed by atoms with Crippen molar-refractivity contribution in [2.24, 2.45) is 0 Å². The van der Waals surface area contributed by atoms with Crippen LogP contribution in [0.3, 0.4) is 0 Å². The molecule has 2 heterocycles. The molecule has 36 heavy (non-hydrogen) atoms. The van der Waals surface area contributed by atoms with Crippen LogP contribution in [0.25, 0.3) is 0 Å². The Kier molecular flexibility index (Phi) is 8.64. The minimum atomic E-state index is -1.00. The van der Waals surface area contributed by atoms with E-state index >= 15 is 0 Å². The zero-order valence-electron chi connectivity index (χ0n) is 20.8. The summed E-state index contributed by atoms with van der Waals surface area (Å²) < 4.78 is 5.52. The third kappa shape index (κ3) is 6.18. The molecule has 12 nitrogen and oxygen atoms in total. The van der Waals surface area contributed by atoms with Crippen molar-refractivity contribution in [3.8, 4) is 0 Å². The van der Waals surface area contributed by atoms with E-state index in [9.17, 15) is 29.1 Å². The van der Waals surface area contributed by atoms with E-state index in [1.807, 2.05) is 20.8 Å². The van der Waals surface area contributed by atoms with Crippen molar-refractivity contribution in [1.29, 1.82) is 0 Å². The second-order valence-electron chi connectivity index (χ2n) is 9.57. The van der Waals surface area contributed by atoms with E-state index in [1.165, 1.54) is 4.90 Å². The molecule has 0 bridgehead atoms. The summed E-state index contributed by atoms with van der Waals surface area (Å²) in [6.07, 6.45) is -0.808. The number of piperidine rings is 1. The normalized spacial score (nSPS) is 17.8. The zero-order valence-corrected chi connectivity index (χ0v) is 20.8. The molecule has 5 amide bonds. The number of hydrogen-bond acceptors (Lipinski definition) is 8. The number of carboxylic acid groups (broad SMARTS) is 1. The summed E-state index contributed by atoms with van der Waals surface area (Å²) in [4.78, 5) is 63.2. The van der Waals surface area contributed by atoms with Crippen LogP contribution in [0.5, 0.6) is 0 Å². The average molecular weight is 504 g/mol. The average Bonchev–Trinajstić information content (AvgIpc) is 3.05. The highest BCUT2D eigenvalue weighted by Crippen LogP contribution is 2.32. The molecular formula is C24H33N5O7. The summed E-state index contributed by atoms with van der Waals surface area (Å²) in [5.74, 6) is -2.16. The van der Waals surface area contributed by atoms with E-state index in [-0.39, 0.29) is 30.5 Å². The number of nitrogens with one attached hydrogen (secondary N) is 3. The van der Waals surface area contributed by atoms with Gasteiger partial charge in [0.15, 0.2) is 0 Å². The molecule has 0 radical (unpaired) electrons. The Hall–Kier alpha value is -3.51. The van der Waals surface area contributed by atoms with Crippen LogP contribution in [0.1, 0.15) is 54.3 Å². The van der Waals surface area contributed by atoms with Crippen molar-refractivity contribution in [3.63, 3.8) is 0 Å². The van der Waals surface area contributed by atoms with Gasteiger partial charge in [-0.1, -0.05) is 6.07 Å². The van der Waals surface area contributed by atoms with Crippen molar-refractivity contribution in [2.45, 2.75) is 45.2 Å². The van der Waals surface area contributed by atoms with Gasteiger partial charge in [0.1, 0.15) is 6.04 Å². The molecule has 1 unspecified atom stereocenters. The van der Waals surface area contributed by atoms with Crippen LogP contribution < -0.4 is 16.0 Å². The lowest BCUT2D eigenvalue weighted by molar-refractivity contribution is -0.136. The highest BCUT2D eigenvalue weighted by Gasteiger charge is 2.45. The van der Waals surface area contributed by atoms with E-state index < -0.39 is 41.3 Å². The van der Waals surface area contributed by atoms with Crippen LogP contribution in [-0.4, -0.2) is 95.6 Å². The van der Waals surface area contributed by atoms with E-state index in [1.54, 1.807) is 18.2 Å². The zero-order chi connectivity index (χ0) is 26.5. The fraction of sp³-hybridized carbons (Fsp3) is 0.542. The Morgan fingerprint density at radius 2 is 1.89 bits per heavy atom. The predicted molar refractivity (Wildman–Crippen MR) is 130 cm³/mol. The molecular weight excluding hydrogens is 470 g/mol. The van der Waals surface area contributed by atoms with Crippen LogP contribution in [0.15, 0.2) is 18.2 Å².